The maximum Gasteiger partial charge on any atom is 0.329 e. The van der Waals surface area contributed by atoms with Crippen LogP contribution in [0.25, 0.3) is 33.6 Å². The van der Waals surface area contributed by atoms with Crippen LogP contribution in [0.4, 0.5) is 14.6 Å². The highest BCUT2D eigenvalue weighted by Gasteiger charge is 2.31. The lowest BCUT2D eigenvalue weighted by atomic mass is 10.0. The summed E-state index contributed by atoms with van der Waals surface area (Å²) in [5.41, 5.74) is 8.90. The van der Waals surface area contributed by atoms with Gasteiger partial charge in [-0.25, -0.2) is 18.4 Å². The largest absolute Gasteiger partial charge is 0.494 e. The maximum atomic E-state index is 13.8. The van der Waals surface area contributed by atoms with Crippen LogP contribution in [0.1, 0.15) is 36.0 Å². The molecule has 224 valence electrons. The zero-order chi connectivity index (χ0) is 29.9. The van der Waals surface area contributed by atoms with E-state index in [9.17, 15) is 22.0 Å². The van der Waals surface area contributed by atoms with Crippen molar-refractivity contribution in [2.75, 3.05) is 30.8 Å². The third-order valence-corrected chi connectivity index (χ3v) is 9.06. The van der Waals surface area contributed by atoms with Crippen LogP contribution >= 0.6 is 0 Å². The Morgan fingerprint density at radius 3 is 2.60 bits per heavy atom. The number of hydrogen-bond acceptors (Lipinski definition) is 7. The van der Waals surface area contributed by atoms with Crippen LogP contribution in [-0.2, 0) is 23.6 Å². The number of rotatable bonds is 8. The number of sulfonamides is 1. The second-order valence-electron chi connectivity index (χ2n) is 11.2. The van der Waals surface area contributed by atoms with Gasteiger partial charge in [-0.05, 0) is 61.9 Å². The highest BCUT2D eigenvalue weighted by atomic mass is 32.2. The first-order valence-corrected chi connectivity index (χ1v) is 15.7. The molecule has 2 fully saturated rings. The van der Waals surface area contributed by atoms with Gasteiger partial charge < -0.3 is 24.5 Å². The van der Waals surface area contributed by atoms with Crippen molar-refractivity contribution < 1.29 is 26.7 Å². The molecule has 1 aliphatic heterocycles. The molecule has 14 heteroatoms. The molecule has 0 bridgehead atoms. The molecule has 1 saturated heterocycles. The molecule has 6 rings (SSSR count). The molecule has 1 aliphatic carbocycles. The van der Waals surface area contributed by atoms with Crippen molar-refractivity contribution in [2.24, 2.45) is 18.7 Å². The van der Waals surface area contributed by atoms with E-state index in [1.807, 2.05) is 22.2 Å². The molecule has 3 aromatic heterocycles. The van der Waals surface area contributed by atoms with Crippen LogP contribution in [0.3, 0.4) is 0 Å². The van der Waals surface area contributed by atoms with E-state index in [4.69, 9.17) is 15.5 Å². The van der Waals surface area contributed by atoms with Crippen molar-refractivity contribution in [1.29, 1.82) is 0 Å². The number of amides is 1. The molecule has 4 aromatic rings. The average Bonchev–Trinajstić information content (AvgIpc) is 3.61. The highest BCUT2D eigenvalue weighted by Crippen LogP contribution is 2.38. The van der Waals surface area contributed by atoms with Gasteiger partial charge in [0.15, 0.2) is 5.82 Å². The molecular formula is C28H33F2N7O4S. The van der Waals surface area contributed by atoms with E-state index in [0.717, 1.165) is 31.9 Å². The van der Waals surface area contributed by atoms with Crippen LogP contribution < -0.4 is 14.8 Å². The van der Waals surface area contributed by atoms with Crippen LogP contribution in [0.15, 0.2) is 30.3 Å². The number of methoxy groups -OCH3 is 1. The monoisotopic (exact) mass is 601 g/mol. The van der Waals surface area contributed by atoms with E-state index in [0.29, 0.717) is 70.5 Å². The first-order chi connectivity index (χ1) is 20.0. The summed E-state index contributed by atoms with van der Waals surface area (Å²) in [5, 5.41) is 0.661. The minimum Gasteiger partial charge on any atom is -0.494 e. The number of nitrogens with two attached hydrogens (primary N) is 1. The molecule has 4 heterocycles. The van der Waals surface area contributed by atoms with Crippen LogP contribution in [0.5, 0.6) is 5.75 Å². The van der Waals surface area contributed by atoms with Gasteiger partial charge in [0.1, 0.15) is 22.7 Å². The van der Waals surface area contributed by atoms with Gasteiger partial charge in [-0.3, -0.25) is 4.79 Å². The van der Waals surface area contributed by atoms with Gasteiger partial charge in [0, 0.05) is 43.7 Å². The molecule has 42 heavy (non-hydrogen) atoms. The zero-order valence-corrected chi connectivity index (χ0v) is 24.4. The minimum atomic E-state index is -4.27. The maximum absolute atomic E-state index is 13.8. The fourth-order valence-electron chi connectivity index (χ4n) is 5.78. The number of likely N-dealkylation sites (tertiary alicyclic amines) is 1. The van der Waals surface area contributed by atoms with Crippen molar-refractivity contribution in [2.45, 2.75) is 44.8 Å². The van der Waals surface area contributed by atoms with Gasteiger partial charge >= 0.3 is 6.55 Å². The quantitative estimate of drug-likeness (QED) is 0.306. The molecule has 2 N–H and O–H groups in total. The number of nitrogens with zero attached hydrogens (tertiary/aromatic N) is 6. The second kappa shape index (κ2) is 10.5. The first kappa shape index (κ1) is 28.3. The Labute approximate surface area is 241 Å². The number of fused-ring (bicyclic) bond motifs is 2. The van der Waals surface area contributed by atoms with Gasteiger partial charge in [-0.15, -0.1) is 0 Å². The summed E-state index contributed by atoms with van der Waals surface area (Å²) in [6.45, 7) is -1.58. The molecule has 0 spiro atoms. The fourth-order valence-corrected chi connectivity index (χ4v) is 6.51. The smallest absolute Gasteiger partial charge is 0.329 e. The third-order valence-electron chi connectivity index (χ3n) is 8.00. The molecule has 1 amide bonds. The molecular weight excluding hydrogens is 568 g/mol. The summed E-state index contributed by atoms with van der Waals surface area (Å²) in [4.78, 5) is 24.5. The van der Waals surface area contributed by atoms with Crippen LogP contribution in [-0.4, -0.2) is 77.4 Å². The van der Waals surface area contributed by atoms with Crippen LogP contribution in [0.2, 0.25) is 0 Å². The predicted molar refractivity (Wildman–Crippen MR) is 155 cm³/mol. The number of alkyl halides is 2. The average molecular weight is 602 g/mol. The number of pyridine rings is 1. The fraction of sp³-hybridized carbons (Fsp3) is 0.464. The number of carbonyl (C=O) groups excluding carboxylic acids is 1. The number of ether oxygens (including phenoxy) is 1. The number of hydrogen-bond donors (Lipinski definition) is 1. The Balaban J connectivity index is 1.49. The van der Waals surface area contributed by atoms with Gasteiger partial charge in [0.05, 0.1) is 24.6 Å². The normalized spacial score (nSPS) is 17.9. The SMILES string of the molecule is COc1cc(C(=O)N2CCC[C@H](N)C2)cc2nc(-c3cc4ccc(N(C(F)F)S(C)(=O)=O)nc4n3CC3CC3)n(C)c12. The van der Waals surface area contributed by atoms with Crippen molar-refractivity contribution in [3.63, 3.8) is 0 Å². The van der Waals surface area contributed by atoms with E-state index in [-0.39, 0.29) is 22.1 Å². The van der Waals surface area contributed by atoms with Gasteiger partial charge in [-0.2, -0.15) is 13.1 Å². The molecule has 0 radical (unpaired) electrons. The number of piperidine rings is 1. The summed E-state index contributed by atoms with van der Waals surface area (Å²) >= 11 is 0. The Kier molecular flexibility index (Phi) is 7.08. The highest BCUT2D eigenvalue weighted by molar-refractivity contribution is 7.92. The third kappa shape index (κ3) is 5.06. The van der Waals surface area contributed by atoms with E-state index >= 15 is 0 Å². The first-order valence-electron chi connectivity index (χ1n) is 13.8. The number of benzene rings is 1. The second-order valence-corrected chi connectivity index (χ2v) is 13.1. The predicted octanol–water partition coefficient (Wildman–Crippen LogP) is 3.56. The Bertz CT molecular complexity index is 1800. The van der Waals surface area contributed by atoms with Crippen molar-refractivity contribution in [1.82, 2.24) is 24.0 Å². The van der Waals surface area contributed by atoms with Crippen LogP contribution in [0, 0.1) is 5.92 Å². The van der Waals surface area contributed by atoms with Crippen molar-refractivity contribution in [3.8, 4) is 17.3 Å². The topological polar surface area (TPSA) is 129 Å². The Hall–Kier alpha value is -3.78. The number of imidazole rings is 1. The van der Waals surface area contributed by atoms with Gasteiger partial charge in [0.25, 0.3) is 5.91 Å². The molecule has 1 saturated carbocycles. The number of halogens is 2. The number of anilines is 1. The Morgan fingerprint density at radius 1 is 1.19 bits per heavy atom. The summed E-state index contributed by atoms with van der Waals surface area (Å²) in [5.74, 6) is 0.960. The van der Waals surface area contributed by atoms with Gasteiger partial charge in [-0.1, -0.05) is 0 Å². The van der Waals surface area contributed by atoms with Crippen molar-refractivity contribution in [3.05, 3.63) is 35.9 Å². The van der Waals surface area contributed by atoms with E-state index in [1.54, 1.807) is 30.2 Å². The molecule has 1 atom stereocenters. The Morgan fingerprint density at radius 2 is 1.95 bits per heavy atom. The zero-order valence-electron chi connectivity index (χ0n) is 23.6. The molecule has 2 aliphatic rings. The number of aryl methyl sites for hydroxylation is 1. The lowest BCUT2D eigenvalue weighted by Gasteiger charge is -2.30. The lowest BCUT2D eigenvalue weighted by Crippen LogP contribution is -2.45. The summed E-state index contributed by atoms with van der Waals surface area (Å²) < 4.78 is 61.4. The summed E-state index contributed by atoms with van der Waals surface area (Å²) in [6.07, 6.45) is 4.50. The minimum absolute atomic E-state index is 0.0221. The standard InChI is InChI=1S/C28H33F2N7O4S/c1-34-24-20(11-18(13-22(24)41-2)27(38)35-10-4-5-19(31)15-35)32-26(34)21-12-17-8-9-23(37(28(29)30)42(3,39)40)33-25(17)36(21)14-16-6-7-16/h8-9,11-13,16,19,28H,4-7,10,14-15,31H2,1-3H3/t19-/m0/s1. The molecule has 11 nitrogen and oxygen atoms in total. The molecule has 0 unspecified atom stereocenters. The molecule has 1 aromatic carbocycles. The lowest BCUT2D eigenvalue weighted by molar-refractivity contribution is 0.0708. The van der Waals surface area contributed by atoms with E-state index in [1.165, 1.54) is 6.07 Å². The van der Waals surface area contributed by atoms with Crippen molar-refractivity contribution >= 4 is 43.8 Å². The van der Waals surface area contributed by atoms with Gasteiger partial charge in [0.2, 0.25) is 10.0 Å². The van der Waals surface area contributed by atoms with E-state index in [2.05, 4.69) is 4.98 Å². The summed E-state index contributed by atoms with van der Waals surface area (Å²) in [6, 6.07) is 8.16. The summed E-state index contributed by atoms with van der Waals surface area (Å²) in [7, 11) is -0.880. The number of aromatic nitrogens is 4. The number of carbonyl (C=O) groups is 1. The van der Waals surface area contributed by atoms with E-state index < -0.39 is 16.6 Å².